The maximum atomic E-state index is 8.78. The number of nitrogen functional groups attached to an aromatic ring is 1. The molecule has 0 unspecified atom stereocenters. The first-order valence-corrected chi connectivity index (χ1v) is 4.95. The van der Waals surface area contributed by atoms with E-state index in [1.54, 1.807) is 18.2 Å². The molecule has 0 spiro atoms. The van der Waals surface area contributed by atoms with Crippen LogP contribution in [0.15, 0.2) is 36.5 Å². The Hall–Kier alpha value is -2.41. The van der Waals surface area contributed by atoms with Crippen molar-refractivity contribution in [3.63, 3.8) is 0 Å². The van der Waals surface area contributed by atoms with Crippen LogP contribution in [-0.2, 0) is 6.54 Å². The number of nitriles is 1. The smallest absolute Gasteiger partial charge is 0.0992 e. The molecule has 4 N–H and O–H groups in total. The van der Waals surface area contributed by atoms with Crippen molar-refractivity contribution in [1.82, 2.24) is 4.98 Å². The predicted molar refractivity (Wildman–Crippen MR) is 63.7 cm³/mol. The molecule has 4 nitrogen and oxygen atoms in total. The molecule has 4 heteroatoms. The minimum atomic E-state index is 0.600. The topological polar surface area (TPSA) is 77.6 Å². The summed E-state index contributed by atoms with van der Waals surface area (Å²) in [5.74, 6) is 0. The van der Waals surface area contributed by atoms with Gasteiger partial charge in [0.2, 0.25) is 0 Å². The first-order valence-electron chi connectivity index (χ1n) is 4.95. The number of nitrogens with two attached hydrogens (primary N) is 1. The van der Waals surface area contributed by atoms with Crippen LogP contribution < -0.4 is 11.1 Å². The second kappa shape index (κ2) is 4.41. The van der Waals surface area contributed by atoms with Gasteiger partial charge in [0.15, 0.2) is 0 Å². The Balaban J connectivity index is 2.12. The molecule has 0 radical (unpaired) electrons. The molecule has 16 heavy (non-hydrogen) atoms. The van der Waals surface area contributed by atoms with Crippen LogP contribution in [0.25, 0.3) is 0 Å². The minimum Gasteiger partial charge on any atom is -0.397 e. The number of hydrogen-bond donors (Lipinski definition) is 3. The van der Waals surface area contributed by atoms with E-state index in [4.69, 9.17) is 11.0 Å². The summed E-state index contributed by atoms with van der Waals surface area (Å²) in [5, 5.41) is 12.0. The molecule has 80 valence electrons. The summed E-state index contributed by atoms with van der Waals surface area (Å²) < 4.78 is 0. The van der Waals surface area contributed by atoms with E-state index < -0.39 is 0 Å². The van der Waals surface area contributed by atoms with Crippen molar-refractivity contribution in [2.24, 2.45) is 0 Å². The molecule has 1 aromatic carbocycles. The lowest BCUT2D eigenvalue weighted by Gasteiger charge is -2.08. The lowest BCUT2D eigenvalue weighted by molar-refractivity contribution is 1.07. The molecule has 0 aliphatic rings. The molecule has 0 amide bonds. The number of nitrogens with zero attached hydrogens (tertiary/aromatic N) is 1. The van der Waals surface area contributed by atoms with Crippen molar-refractivity contribution in [1.29, 1.82) is 5.26 Å². The molecule has 2 aromatic rings. The van der Waals surface area contributed by atoms with Crippen LogP contribution in [0.2, 0.25) is 0 Å². The van der Waals surface area contributed by atoms with Crippen LogP contribution in [0.3, 0.4) is 0 Å². The summed E-state index contributed by atoms with van der Waals surface area (Å²) in [7, 11) is 0. The van der Waals surface area contributed by atoms with Crippen LogP contribution in [0.5, 0.6) is 0 Å². The molecule has 0 bridgehead atoms. The van der Waals surface area contributed by atoms with E-state index in [0.29, 0.717) is 17.8 Å². The number of anilines is 2. The van der Waals surface area contributed by atoms with Crippen LogP contribution in [-0.4, -0.2) is 4.98 Å². The predicted octanol–water partition coefficient (Wildman–Crippen LogP) is 2.08. The number of H-pyrrole nitrogens is 1. The number of rotatable bonds is 3. The molecule has 1 aromatic heterocycles. The fourth-order valence-corrected chi connectivity index (χ4v) is 1.45. The summed E-state index contributed by atoms with van der Waals surface area (Å²) in [6, 6.07) is 11.2. The SMILES string of the molecule is N#Cc1ccc(N)c(NCc2ccc[nH]2)c1. The number of nitrogens with one attached hydrogen (secondary N) is 2. The lowest BCUT2D eigenvalue weighted by atomic mass is 10.2. The molecule has 0 atom stereocenters. The summed E-state index contributed by atoms with van der Waals surface area (Å²) in [6.45, 7) is 0.659. The first-order chi connectivity index (χ1) is 7.79. The molecule has 1 heterocycles. The van der Waals surface area contributed by atoms with E-state index in [9.17, 15) is 0 Å². The van der Waals surface area contributed by atoms with E-state index >= 15 is 0 Å². The quantitative estimate of drug-likeness (QED) is 0.681. The second-order valence-electron chi connectivity index (χ2n) is 3.46. The third-order valence-corrected chi connectivity index (χ3v) is 2.31. The Morgan fingerprint density at radius 2 is 2.25 bits per heavy atom. The standard InChI is InChI=1S/C12H12N4/c13-7-9-3-4-11(14)12(6-9)16-8-10-2-1-5-15-10/h1-6,15-16H,8,14H2. The first kappa shape index (κ1) is 10.1. The zero-order valence-corrected chi connectivity index (χ0v) is 8.70. The van der Waals surface area contributed by atoms with E-state index in [1.807, 2.05) is 18.3 Å². The van der Waals surface area contributed by atoms with Gasteiger partial charge in [0.05, 0.1) is 29.6 Å². The molecule has 0 saturated heterocycles. The summed E-state index contributed by atoms with van der Waals surface area (Å²) in [6.07, 6.45) is 1.87. The van der Waals surface area contributed by atoms with E-state index in [2.05, 4.69) is 16.4 Å². The highest BCUT2D eigenvalue weighted by Crippen LogP contribution is 2.20. The van der Waals surface area contributed by atoms with Crippen LogP contribution in [0, 0.1) is 11.3 Å². The Bertz CT molecular complexity index is 508. The number of hydrogen-bond acceptors (Lipinski definition) is 3. The van der Waals surface area contributed by atoms with Crippen LogP contribution in [0.1, 0.15) is 11.3 Å². The molecule has 0 fully saturated rings. The average molecular weight is 212 g/mol. The van der Waals surface area contributed by atoms with Gasteiger partial charge in [-0.1, -0.05) is 0 Å². The third-order valence-electron chi connectivity index (χ3n) is 2.31. The summed E-state index contributed by atoms with van der Waals surface area (Å²) >= 11 is 0. The Labute approximate surface area is 93.7 Å². The van der Waals surface area contributed by atoms with Gasteiger partial charge in [0, 0.05) is 11.9 Å². The highest BCUT2D eigenvalue weighted by Gasteiger charge is 2.00. The van der Waals surface area contributed by atoms with Gasteiger partial charge < -0.3 is 16.0 Å². The van der Waals surface area contributed by atoms with E-state index in [-0.39, 0.29) is 0 Å². The monoisotopic (exact) mass is 212 g/mol. The fraction of sp³-hybridized carbons (Fsp3) is 0.0833. The Morgan fingerprint density at radius 3 is 2.94 bits per heavy atom. The Kier molecular flexibility index (Phi) is 2.79. The van der Waals surface area contributed by atoms with Crippen molar-refractivity contribution in [2.75, 3.05) is 11.1 Å². The molecular weight excluding hydrogens is 200 g/mol. The van der Waals surface area contributed by atoms with Crippen molar-refractivity contribution < 1.29 is 0 Å². The average Bonchev–Trinajstić information content (AvgIpc) is 2.81. The third kappa shape index (κ3) is 2.15. The maximum absolute atomic E-state index is 8.78. The van der Waals surface area contributed by atoms with Gasteiger partial charge in [-0.15, -0.1) is 0 Å². The van der Waals surface area contributed by atoms with Gasteiger partial charge in [-0.25, -0.2) is 0 Å². The second-order valence-corrected chi connectivity index (χ2v) is 3.46. The largest absolute Gasteiger partial charge is 0.397 e. The van der Waals surface area contributed by atoms with Crippen LogP contribution >= 0.6 is 0 Å². The fourth-order valence-electron chi connectivity index (χ4n) is 1.45. The summed E-state index contributed by atoms with van der Waals surface area (Å²) in [5.41, 5.74) is 8.90. The zero-order valence-electron chi connectivity index (χ0n) is 8.70. The van der Waals surface area contributed by atoms with Crippen molar-refractivity contribution >= 4 is 11.4 Å². The maximum Gasteiger partial charge on any atom is 0.0992 e. The zero-order chi connectivity index (χ0) is 11.4. The van der Waals surface area contributed by atoms with Gasteiger partial charge in [-0.05, 0) is 30.3 Å². The number of aromatic nitrogens is 1. The summed E-state index contributed by atoms with van der Waals surface area (Å²) in [4.78, 5) is 3.09. The highest BCUT2D eigenvalue weighted by atomic mass is 14.9. The van der Waals surface area contributed by atoms with Crippen molar-refractivity contribution in [3.8, 4) is 6.07 Å². The van der Waals surface area contributed by atoms with Gasteiger partial charge in [-0.2, -0.15) is 5.26 Å². The highest BCUT2D eigenvalue weighted by molar-refractivity contribution is 5.68. The van der Waals surface area contributed by atoms with Crippen molar-refractivity contribution in [3.05, 3.63) is 47.8 Å². The number of aromatic amines is 1. The van der Waals surface area contributed by atoms with E-state index in [1.165, 1.54) is 0 Å². The lowest BCUT2D eigenvalue weighted by Crippen LogP contribution is -2.02. The normalized spacial score (nSPS) is 9.69. The van der Waals surface area contributed by atoms with Crippen molar-refractivity contribution in [2.45, 2.75) is 6.54 Å². The molecule has 0 aliphatic carbocycles. The molecule has 0 aliphatic heterocycles. The molecule has 2 rings (SSSR count). The van der Waals surface area contributed by atoms with Gasteiger partial charge in [-0.3, -0.25) is 0 Å². The minimum absolute atomic E-state index is 0.600. The van der Waals surface area contributed by atoms with E-state index in [0.717, 1.165) is 11.4 Å². The van der Waals surface area contributed by atoms with Gasteiger partial charge in [0.25, 0.3) is 0 Å². The van der Waals surface area contributed by atoms with Crippen LogP contribution in [0.4, 0.5) is 11.4 Å². The van der Waals surface area contributed by atoms with Gasteiger partial charge >= 0.3 is 0 Å². The van der Waals surface area contributed by atoms with Gasteiger partial charge in [0.1, 0.15) is 0 Å². The molecule has 0 saturated carbocycles. The molecular formula is C12H12N4. The Morgan fingerprint density at radius 1 is 1.38 bits per heavy atom. The number of benzene rings is 1.